The molecule has 112 valence electrons. The summed E-state index contributed by atoms with van der Waals surface area (Å²) in [6.45, 7) is 0. The van der Waals surface area contributed by atoms with Crippen molar-refractivity contribution >= 4 is 23.2 Å². The van der Waals surface area contributed by atoms with Gasteiger partial charge < -0.3 is 5.32 Å². The number of hydrogen-bond donors (Lipinski definition) is 1. The van der Waals surface area contributed by atoms with Crippen molar-refractivity contribution in [3.8, 4) is 0 Å². The van der Waals surface area contributed by atoms with Gasteiger partial charge in [-0.3, -0.25) is 0 Å². The molecule has 0 aromatic heterocycles. The van der Waals surface area contributed by atoms with Crippen LogP contribution in [0.25, 0.3) is 0 Å². The van der Waals surface area contributed by atoms with Crippen molar-refractivity contribution in [1.29, 1.82) is 0 Å². The Labute approximate surface area is 132 Å². The molecule has 0 spiro atoms. The van der Waals surface area contributed by atoms with Crippen molar-refractivity contribution in [1.82, 2.24) is 5.32 Å². The van der Waals surface area contributed by atoms with E-state index in [-0.39, 0.29) is 18.0 Å². The molecule has 0 saturated carbocycles. The van der Waals surface area contributed by atoms with Gasteiger partial charge in [-0.2, -0.15) is 0 Å². The van der Waals surface area contributed by atoms with E-state index in [0.29, 0.717) is 16.5 Å². The zero-order valence-electron chi connectivity index (χ0n) is 11.5. The molecule has 2 rings (SSSR count). The van der Waals surface area contributed by atoms with E-state index in [2.05, 4.69) is 5.32 Å². The van der Waals surface area contributed by atoms with Gasteiger partial charge in [0.2, 0.25) is 0 Å². The van der Waals surface area contributed by atoms with Crippen molar-refractivity contribution in [2.45, 2.75) is 18.9 Å². The van der Waals surface area contributed by atoms with Crippen LogP contribution in [0, 0.1) is 11.6 Å². The molecule has 0 amide bonds. The molecule has 2 aromatic rings. The number of benzene rings is 2. The summed E-state index contributed by atoms with van der Waals surface area (Å²) in [5.74, 6) is -1.08. The van der Waals surface area contributed by atoms with Gasteiger partial charge in [0.25, 0.3) is 0 Å². The van der Waals surface area contributed by atoms with Crippen LogP contribution in [0.1, 0.15) is 11.1 Å². The number of rotatable bonds is 5. The second-order valence-corrected chi connectivity index (χ2v) is 5.61. The Morgan fingerprint density at radius 1 is 0.905 bits per heavy atom. The molecule has 21 heavy (non-hydrogen) atoms. The first-order chi connectivity index (χ1) is 10.0. The van der Waals surface area contributed by atoms with Crippen LogP contribution in [0.2, 0.25) is 10.0 Å². The average molecular weight is 330 g/mol. The average Bonchev–Trinajstić information content (AvgIpc) is 2.45. The van der Waals surface area contributed by atoms with Crippen molar-refractivity contribution < 1.29 is 8.78 Å². The molecule has 2 aromatic carbocycles. The van der Waals surface area contributed by atoms with E-state index in [4.69, 9.17) is 23.2 Å². The van der Waals surface area contributed by atoms with Crippen LogP contribution in [0.3, 0.4) is 0 Å². The number of likely N-dealkylation sites (N-methyl/N-ethyl adjacent to an activating group) is 1. The van der Waals surface area contributed by atoms with Gasteiger partial charge in [0.1, 0.15) is 11.6 Å². The molecule has 0 aliphatic carbocycles. The van der Waals surface area contributed by atoms with Crippen molar-refractivity contribution in [3.63, 3.8) is 0 Å². The van der Waals surface area contributed by atoms with Crippen LogP contribution in [-0.4, -0.2) is 13.1 Å². The molecule has 0 aliphatic rings. The fourth-order valence-electron chi connectivity index (χ4n) is 2.22. The van der Waals surface area contributed by atoms with Gasteiger partial charge in [-0.15, -0.1) is 0 Å². The summed E-state index contributed by atoms with van der Waals surface area (Å²) in [7, 11) is 1.74. The van der Waals surface area contributed by atoms with Crippen molar-refractivity contribution in [3.05, 3.63) is 69.2 Å². The van der Waals surface area contributed by atoms with E-state index in [1.807, 2.05) is 0 Å². The molecule has 0 saturated heterocycles. The molecular weight excluding hydrogens is 315 g/mol. The van der Waals surface area contributed by atoms with E-state index >= 15 is 0 Å². The molecule has 0 radical (unpaired) electrons. The predicted octanol–water partition coefficient (Wildman–Crippen LogP) is 4.64. The highest BCUT2D eigenvalue weighted by molar-refractivity contribution is 6.36. The maximum Gasteiger partial charge on any atom is 0.129 e. The lowest BCUT2D eigenvalue weighted by molar-refractivity contribution is 0.502. The monoisotopic (exact) mass is 329 g/mol. The van der Waals surface area contributed by atoms with Gasteiger partial charge in [-0.05, 0) is 49.7 Å². The van der Waals surface area contributed by atoms with Crippen LogP contribution in [-0.2, 0) is 12.8 Å². The summed E-state index contributed by atoms with van der Waals surface area (Å²) in [6, 6.07) is 8.96. The highest BCUT2D eigenvalue weighted by Gasteiger charge is 2.17. The fourth-order valence-corrected chi connectivity index (χ4v) is 2.78. The van der Waals surface area contributed by atoms with E-state index < -0.39 is 11.6 Å². The van der Waals surface area contributed by atoms with Crippen molar-refractivity contribution in [2.24, 2.45) is 0 Å². The van der Waals surface area contributed by atoms with Gasteiger partial charge in [-0.25, -0.2) is 8.78 Å². The van der Waals surface area contributed by atoms with Crippen LogP contribution in [0.15, 0.2) is 36.4 Å². The summed E-state index contributed by atoms with van der Waals surface area (Å²) >= 11 is 12.3. The lowest BCUT2D eigenvalue weighted by Gasteiger charge is -2.18. The molecule has 1 N–H and O–H groups in total. The SMILES string of the molecule is CNC(Cc1c(F)cccc1F)Cc1c(Cl)cccc1Cl. The van der Waals surface area contributed by atoms with Gasteiger partial charge in [-0.1, -0.05) is 35.3 Å². The van der Waals surface area contributed by atoms with E-state index in [0.717, 1.165) is 5.56 Å². The first-order valence-electron chi connectivity index (χ1n) is 6.56. The smallest absolute Gasteiger partial charge is 0.129 e. The first-order valence-corrected chi connectivity index (χ1v) is 7.31. The van der Waals surface area contributed by atoms with Crippen LogP contribution >= 0.6 is 23.2 Å². The molecule has 0 heterocycles. The quantitative estimate of drug-likeness (QED) is 0.842. The summed E-state index contributed by atoms with van der Waals surface area (Å²) in [6.07, 6.45) is 0.708. The normalized spacial score (nSPS) is 12.4. The maximum atomic E-state index is 13.7. The van der Waals surface area contributed by atoms with Gasteiger partial charge in [0.15, 0.2) is 0 Å². The molecule has 1 nitrogen and oxygen atoms in total. The van der Waals surface area contributed by atoms with E-state index in [9.17, 15) is 8.78 Å². The van der Waals surface area contributed by atoms with Crippen LogP contribution in [0.4, 0.5) is 8.78 Å². The summed E-state index contributed by atoms with van der Waals surface area (Å²) in [5.41, 5.74) is 0.844. The Balaban J connectivity index is 2.21. The second kappa shape index (κ2) is 7.21. The van der Waals surface area contributed by atoms with Crippen LogP contribution < -0.4 is 5.32 Å². The summed E-state index contributed by atoms with van der Waals surface area (Å²) < 4.78 is 27.4. The number of nitrogens with one attached hydrogen (secondary N) is 1. The molecule has 5 heteroatoms. The second-order valence-electron chi connectivity index (χ2n) is 4.79. The molecule has 1 unspecified atom stereocenters. The van der Waals surface area contributed by atoms with Crippen LogP contribution in [0.5, 0.6) is 0 Å². The standard InChI is InChI=1S/C16H15Cl2F2N/c1-21-10(8-11-13(17)4-2-5-14(11)18)9-12-15(19)6-3-7-16(12)20/h2-7,10,21H,8-9H2,1H3. The number of halogens is 4. The highest BCUT2D eigenvalue weighted by atomic mass is 35.5. The predicted molar refractivity (Wildman–Crippen MR) is 83.1 cm³/mol. The Bertz CT molecular complexity index is 538. The Morgan fingerprint density at radius 3 is 1.90 bits per heavy atom. The zero-order chi connectivity index (χ0) is 15.4. The minimum absolute atomic E-state index is 0.0695. The van der Waals surface area contributed by atoms with Gasteiger partial charge in [0, 0.05) is 21.7 Å². The van der Waals surface area contributed by atoms with Crippen molar-refractivity contribution in [2.75, 3.05) is 7.05 Å². The maximum absolute atomic E-state index is 13.7. The third kappa shape index (κ3) is 3.94. The lowest BCUT2D eigenvalue weighted by Crippen LogP contribution is -2.31. The Kier molecular flexibility index (Phi) is 5.57. The van der Waals surface area contributed by atoms with E-state index in [1.165, 1.54) is 18.2 Å². The minimum Gasteiger partial charge on any atom is -0.316 e. The number of hydrogen-bond acceptors (Lipinski definition) is 1. The molecule has 0 fully saturated rings. The van der Waals surface area contributed by atoms with Gasteiger partial charge >= 0.3 is 0 Å². The molecule has 0 bridgehead atoms. The third-order valence-corrected chi connectivity index (χ3v) is 4.14. The lowest BCUT2D eigenvalue weighted by atomic mass is 9.98. The topological polar surface area (TPSA) is 12.0 Å². The molecule has 1 atom stereocenters. The Hall–Kier alpha value is -1.16. The molecular formula is C16H15Cl2F2N. The zero-order valence-corrected chi connectivity index (χ0v) is 13.0. The molecule has 0 aliphatic heterocycles. The summed E-state index contributed by atoms with van der Waals surface area (Å²) in [5, 5.41) is 4.16. The van der Waals surface area contributed by atoms with E-state index in [1.54, 1.807) is 25.2 Å². The largest absolute Gasteiger partial charge is 0.316 e. The highest BCUT2D eigenvalue weighted by Crippen LogP contribution is 2.26. The Morgan fingerprint density at radius 2 is 1.38 bits per heavy atom. The fraction of sp³-hybridized carbons (Fsp3) is 0.250. The summed E-state index contributed by atoms with van der Waals surface area (Å²) in [4.78, 5) is 0. The first kappa shape index (κ1) is 16.2. The third-order valence-electron chi connectivity index (χ3n) is 3.43. The minimum atomic E-state index is -0.541. The van der Waals surface area contributed by atoms with Gasteiger partial charge in [0.05, 0.1) is 0 Å².